The second-order valence-corrected chi connectivity index (χ2v) is 14.9. The van der Waals surface area contributed by atoms with Gasteiger partial charge in [0, 0.05) is 46.9 Å². The van der Waals surface area contributed by atoms with Crippen molar-refractivity contribution in [1.29, 1.82) is 0 Å². The van der Waals surface area contributed by atoms with Gasteiger partial charge < -0.3 is 27.5 Å². The zero-order valence-corrected chi connectivity index (χ0v) is 26.4. The van der Waals surface area contributed by atoms with Crippen LogP contribution in [-0.4, -0.2) is 70.5 Å². The molecule has 0 radical (unpaired) electrons. The fraction of sp³-hybridized carbons (Fsp3) is 0.409. The summed E-state index contributed by atoms with van der Waals surface area (Å²) in [7, 11) is -1.76. The first-order chi connectivity index (χ1) is 19.1. The molecular weight excluding hydrogens is 601 g/mol. The van der Waals surface area contributed by atoms with Crippen LogP contribution in [0.3, 0.4) is 0 Å². The highest BCUT2D eigenvalue weighted by Gasteiger charge is 2.31. The maximum atomic E-state index is 12.7. The molecule has 0 bridgehead atoms. The molecule has 0 aromatic heterocycles. The van der Waals surface area contributed by atoms with Crippen molar-refractivity contribution in [3.63, 3.8) is 0 Å². The summed E-state index contributed by atoms with van der Waals surface area (Å²) in [5.41, 5.74) is 10.1. The topological polar surface area (TPSA) is 157 Å². The lowest BCUT2D eigenvalue weighted by atomic mass is 10.1. The molecule has 0 N–H and O–H groups in total. The van der Waals surface area contributed by atoms with E-state index in [0.717, 1.165) is 11.1 Å². The second-order valence-electron chi connectivity index (χ2n) is 7.99. The van der Waals surface area contributed by atoms with E-state index in [1.54, 1.807) is 59.3 Å². The smallest absolute Gasteiger partial charge is 0.344 e. The summed E-state index contributed by atoms with van der Waals surface area (Å²) in [6.45, 7) is 0.389. The van der Waals surface area contributed by atoms with E-state index in [-0.39, 0.29) is 12.6 Å². The van der Waals surface area contributed by atoms with E-state index < -0.39 is 22.3 Å². The first-order valence-electron chi connectivity index (χ1n) is 11.6. The number of hydrogen-bond donors (Lipinski definition) is 0. The van der Waals surface area contributed by atoms with Crippen LogP contribution in [-0.2, 0) is 45.5 Å². The van der Waals surface area contributed by atoms with Crippen molar-refractivity contribution in [2.24, 2.45) is 10.4 Å². The summed E-state index contributed by atoms with van der Waals surface area (Å²) in [4.78, 5) is 9.01. The summed E-state index contributed by atoms with van der Waals surface area (Å²) in [5, 5.41) is 7.39. The summed E-state index contributed by atoms with van der Waals surface area (Å²) in [6.07, 6.45) is 2.01. The van der Waals surface area contributed by atoms with Gasteiger partial charge in [-0.3, -0.25) is 14.0 Å². The van der Waals surface area contributed by atoms with Gasteiger partial charge in [0.2, 0.25) is 7.07 Å². The van der Waals surface area contributed by atoms with Crippen molar-refractivity contribution in [2.45, 2.75) is 6.42 Å². The van der Waals surface area contributed by atoms with E-state index in [2.05, 4.69) is 15.3 Å². The predicted octanol–water partition coefficient (Wildman–Crippen LogP) is 5.87. The van der Waals surface area contributed by atoms with Crippen LogP contribution in [0.15, 0.2) is 58.9 Å². The van der Waals surface area contributed by atoms with Gasteiger partial charge >= 0.3 is 15.2 Å². The monoisotopic (exact) mass is 634 g/mol. The molecule has 0 amide bonds. The average molecular weight is 635 g/mol. The van der Waals surface area contributed by atoms with E-state index >= 15 is 0 Å². The quantitative estimate of drug-likeness (QED) is 0.0482. The molecule has 2 aromatic carbocycles. The summed E-state index contributed by atoms with van der Waals surface area (Å²) in [6, 6.07) is 14.2. The maximum Gasteiger partial charge on any atom is 0.344 e. The maximum absolute atomic E-state index is 12.7. The van der Waals surface area contributed by atoms with Crippen LogP contribution < -0.4 is 9.36 Å². The Morgan fingerprint density at radius 2 is 1.45 bits per heavy atom. The summed E-state index contributed by atoms with van der Waals surface area (Å²) in [5.74, 6) is 1.00. The van der Waals surface area contributed by atoms with Gasteiger partial charge in [0.15, 0.2) is 0 Å². The Bertz CT molecular complexity index is 1230. The van der Waals surface area contributed by atoms with Gasteiger partial charge in [0.1, 0.15) is 29.3 Å². The Labute approximate surface area is 239 Å². The fourth-order valence-corrected chi connectivity index (χ4v) is 6.55. The van der Waals surface area contributed by atoms with Gasteiger partial charge in [0.25, 0.3) is 0 Å². The summed E-state index contributed by atoms with van der Waals surface area (Å²) < 4.78 is 53.1. The Balaban J connectivity index is 1.97. The number of benzene rings is 2. The molecule has 0 aliphatic carbocycles. The van der Waals surface area contributed by atoms with Gasteiger partial charge in [-0.05, 0) is 71.3 Å². The Kier molecular flexibility index (Phi) is 14.3. The molecular formula is C22H33N6O8P3S. The summed E-state index contributed by atoms with van der Waals surface area (Å²) >= 11 is 5.51. The third-order valence-electron chi connectivity index (χ3n) is 5.41. The molecule has 1 atom stereocenters. The van der Waals surface area contributed by atoms with Crippen molar-refractivity contribution >= 4 is 40.3 Å². The number of hydrogen-bond acceptors (Lipinski definition) is 12. The molecule has 0 aliphatic heterocycles. The van der Waals surface area contributed by atoms with Gasteiger partial charge in [-0.15, -0.1) is 0 Å². The van der Waals surface area contributed by atoms with Crippen LogP contribution in [0, 0.1) is 0 Å². The molecule has 1 unspecified atom stereocenters. The minimum atomic E-state index is -3.40. The van der Waals surface area contributed by atoms with E-state index in [4.69, 9.17) is 44.8 Å². The van der Waals surface area contributed by atoms with E-state index in [1.165, 1.54) is 28.4 Å². The van der Waals surface area contributed by atoms with Crippen molar-refractivity contribution in [2.75, 3.05) is 54.6 Å². The largest absolute Gasteiger partial charge is 0.450 e. The number of azide groups is 1. The molecule has 0 aliphatic rings. The third kappa shape index (κ3) is 11.3. The zero-order chi connectivity index (χ0) is 29.6. The van der Waals surface area contributed by atoms with Crippen LogP contribution in [0.4, 0.5) is 0 Å². The number of hydrazone groups is 1. The van der Waals surface area contributed by atoms with Gasteiger partial charge in [-0.2, -0.15) is 5.10 Å². The van der Waals surface area contributed by atoms with E-state index in [9.17, 15) is 9.13 Å². The molecule has 0 saturated carbocycles. The van der Waals surface area contributed by atoms with Crippen molar-refractivity contribution in [3.8, 4) is 11.5 Å². The molecule has 2 rings (SSSR count). The minimum Gasteiger partial charge on any atom is -0.450 e. The van der Waals surface area contributed by atoms with Gasteiger partial charge in [0.05, 0.1) is 6.21 Å². The molecule has 0 fully saturated rings. The third-order valence-corrected chi connectivity index (χ3v) is 11.2. The predicted molar refractivity (Wildman–Crippen MR) is 158 cm³/mol. The van der Waals surface area contributed by atoms with Crippen LogP contribution in [0.1, 0.15) is 11.1 Å². The molecule has 220 valence electrons. The van der Waals surface area contributed by atoms with Crippen LogP contribution in [0.25, 0.3) is 10.4 Å². The van der Waals surface area contributed by atoms with Crippen LogP contribution in [0.5, 0.6) is 11.5 Å². The molecule has 14 nitrogen and oxygen atoms in total. The van der Waals surface area contributed by atoms with Crippen molar-refractivity contribution in [1.82, 2.24) is 9.68 Å². The lowest BCUT2D eigenvalue weighted by molar-refractivity contribution is 0.224. The van der Waals surface area contributed by atoms with Gasteiger partial charge in [-0.25, -0.2) is 4.78 Å². The number of nitrogens with zero attached hydrogens (tertiary/aromatic N) is 6. The zero-order valence-electron chi connectivity index (χ0n) is 22.8. The standard InChI is InChI=1S/C22H33N6O8P3S/c1-27(24-16-20-8-10-21(11-9-20)35-26-25-23)37(40)36-22-12-6-19(7-13-22)14-15-28(17-38(29,31-2)32-3)18-39(30,33-4)34-5/h6-13,16,37H,14-15,17-18H2,1-5H3/b24-16+. The normalized spacial score (nSPS) is 12.8. The SMILES string of the molecule is COP(=O)(CN(CCc1ccc(O[PH](=S)N(C)/N=C/c2ccc(ON=[N+]=[N-])cc2)cc1)CP(=O)(OC)OC)OC. The first kappa shape index (κ1) is 33.9. The van der Waals surface area contributed by atoms with E-state index in [0.29, 0.717) is 24.5 Å². The highest BCUT2D eigenvalue weighted by molar-refractivity contribution is 8.02. The highest BCUT2D eigenvalue weighted by Crippen LogP contribution is 2.51. The highest BCUT2D eigenvalue weighted by atomic mass is 32.4. The van der Waals surface area contributed by atoms with Crippen LogP contribution >= 0.6 is 22.3 Å². The Morgan fingerprint density at radius 3 is 1.95 bits per heavy atom. The first-order valence-corrected chi connectivity index (χ1v) is 17.6. The van der Waals surface area contributed by atoms with Crippen LogP contribution in [0.2, 0.25) is 0 Å². The fourth-order valence-electron chi connectivity index (χ4n) is 3.11. The Morgan fingerprint density at radius 1 is 0.925 bits per heavy atom. The lowest BCUT2D eigenvalue weighted by Crippen LogP contribution is -2.29. The molecule has 2 aromatic rings. The van der Waals surface area contributed by atoms with Gasteiger partial charge in [-0.1, -0.05) is 12.1 Å². The molecule has 0 heterocycles. The molecule has 18 heteroatoms. The molecule has 0 spiro atoms. The van der Waals surface area contributed by atoms with E-state index in [1.807, 2.05) is 12.1 Å². The minimum absolute atomic E-state index is 0.0832. The van der Waals surface area contributed by atoms with Crippen molar-refractivity contribution in [3.05, 3.63) is 70.1 Å². The molecule has 40 heavy (non-hydrogen) atoms. The number of rotatable bonds is 18. The average Bonchev–Trinajstić information content (AvgIpc) is 2.98. The lowest BCUT2D eigenvalue weighted by Gasteiger charge is -2.27. The second kappa shape index (κ2) is 16.9. The van der Waals surface area contributed by atoms with Crippen molar-refractivity contribution < 1.29 is 36.6 Å². The molecule has 0 saturated heterocycles. The Hall–Kier alpha value is -2.27.